The minimum atomic E-state index is -0.929. The molecule has 20 heavy (non-hydrogen) atoms. The van der Waals surface area contributed by atoms with E-state index in [0.717, 1.165) is 18.4 Å². The first-order chi connectivity index (χ1) is 9.65. The second-order valence-electron chi connectivity index (χ2n) is 5.08. The third-order valence-electron chi connectivity index (χ3n) is 3.81. The maximum absolute atomic E-state index is 12.6. The lowest BCUT2D eigenvalue weighted by Crippen LogP contribution is -2.50. The van der Waals surface area contributed by atoms with Crippen molar-refractivity contribution in [2.24, 2.45) is 5.73 Å². The van der Waals surface area contributed by atoms with E-state index >= 15 is 0 Å². The van der Waals surface area contributed by atoms with Gasteiger partial charge >= 0.3 is 5.97 Å². The molecule has 0 saturated carbocycles. The molecule has 2 rings (SSSR count). The normalized spacial score (nSPS) is 20.4. The summed E-state index contributed by atoms with van der Waals surface area (Å²) in [6.07, 6.45) is 2.22. The Morgan fingerprint density at radius 1 is 1.30 bits per heavy atom. The largest absolute Gasteiger partial charge is 0.480 e. The Morgan fingerprint density at radius 3 is 2.60 bits per heavy atom. The van der Waals surface area contributed by atoms with Crippen LogP contribution in [0.3, 0.4) is 0 Å². The second-order valence-corrected chi connectivity index (χ2v) is 5.08. The molecule has 5 heteroatoms. The van der Waals surface area contributed by atoms with Crippen LogP contribution in [0.5, 0.6) is 0 Å². The zero-order chi connectivity index (χ0) is 14.5. The number of rotatable bonds is 4. The molecule has 108 valence electrons. The summed E-state index contributed by atoms with van der Waals surface area (Å²) in [5.41, 5.74) is 6.58. The van der Waals surface area contributed by atoms with Gasteiger partial charge in [-0.25, -0.2) is 4.79 Å². The van der Waals surface area contributed by atoms with Gasteiger partial charge in [0, 0.05) is 13.1 Å². The van der Waals surface area contributed by atoms with E-state index < -0.39 is 17.9 Å². The van der Waals surface area contributed by atoms with Crippen molar-refractivity contribution < 1.29 is 14.7 Å². The minimum Gasteiger partial charge on any atom is -0.480 e. The molecule has 0 aliphatic carbocycles. The van der Waals surface area contributed by atoms with Gasteiger partial charge in [0.1, 0.15) is 6.04 Å². The maximum Gasteiger partial charge on any atom is 0.326 e. The van der Waals surface area contributed by atoms with E-state index in [-0.39, 0.29) is 12.5 Å². The first kappa shape index (κ1) is 14.5. The molecule has 1 fully saturated rings. The molecule has 3 N–H and O–H groups in total. The summed E-state index contributed by atoms with van der Waals surface area (Å²) in [7, 11) is 0. The summed E-state index contributed by atoms with van der Waals surface area (Å²) in [5.74, 6) is -1.57. The SMILES string of the molecule is NCC(C(=O)N1CCCCC1C(=O)O)c1ccccc1. The van der Waals surface area contributed by atoms with E-state index in [4.69, 9.17) is 5.73 Å². The van der Waals surface area contributed by atoms with Gasteiger partial charge in [-0.05, 0) is 24.8 Å². The van der Waals surface area contributed by atoms with Gasteiger partial charge in [0.25, 0.3) is 0 Å². The Labute approximate surface area is 118 Å². The van der Waals surface area contributed by atoms with Crippen molar-refractivity contribution in [1.29, 1.82) is 0 Å². The third-order valence-corrected chi connectivity index (χ3v) is 3.81. The van der Waals surface area contributed by atoms with Crippen molar-refractivity contribution in [3.8, 4) is 0 Å². The van der Waals surface area contributed by atoms with Crippen LogP contribution in [-0.2, 0) is 9.59 Å². The van der Waals surface area contributed by atoms with Crippen LogP contribution in [0.15, 0.2) is 30.3 Å². The number of piperidine rings is 1. The van der Waals surface area contributed by atoms with Crippen molar-refractivity contribution in [2.45, 2.75) is 31.2 Å². The van der Waals surface area contributed by atoms with Gasteiger partial charge in [-0.3, -0.25) is 4.79 Å². The zero-order valence-corrected chi connectivity index (χ0v) is 11.4. The number of nitrogens with two attached hydrogens (primary N) is 1. The van der Waals surface area contributed by atoms with Crippen molar-refractivity contribution in [1.82, 2.24) is 4.90 Å². The molecular formula is C15H20N2O3. The number of benzene rings is 1. The molecule has 0 radical (unpaired) electrons. The van der Waals surface area contributed by atoms with Gasteiger partial charge in [-0.2, -0.15) is 0 Å². The van der Waals surface area contributed by atoms with Crippen LogP contribution < -0.4 is 5.73 Å². The Balaban J connectivity index is 2.21. The molecule has 0 aromatic heterocycles. The molecule has 1 aliphatic rings. The monoisotopic (exact) mass is 276 g/mol. The Kier molecular flexibility index (Phi) is 4.74. The van der Waals surface area contributed by atoms with Gasteiger partial charge in [0.15, 0.2) is 0 Å². The Morgan fingerprint density at radius 2 is 2.00 bits per heavy atom. The summed E-state index contributed by atoms with van der Waals surface area (Å²) in [4.78, 5) is 25.4. The van der Waals surface area contributed by atoms with Crippen molar-refractivity contribution in [3.05, 3.63) is 35.9 Å². The summed E-state index contributed by atoms with van der Waals surface area (Å²) in [6, 6.07) is 8.59. The fourth-order valence-corrected chi connectivity index (χ4v) is 2.72. The highest BCUT2D eigenvalue weighted by Crippen LogP contribution is 2.24. The highest BCUT2D eigenvalue weighted by atomic mass is 16.4. The average molecular weight is 276 g/mol. The van der Waals surface area contributed by atoms with Gasteiger partial charge in [0.2, 0.25) is 5.91 Å². The number of carboxylic acid groups (broad SMARTS) is 1. The van der Waals surface area contributed by atoms with E-state index in [2.05, 4.69) is 0 Å². The number of hydrogen-bond acceptors (Lipinski definition) is 3. The molecule has 1 aliphatic heterocycles. The number of likely N-dealkylation sites (tertiary alicyclic amines) is 1. The van der Waals surface area contributed by atoms with Crippen LogP contribution in [0.1, 0.15) is 30.7 Å². The standard InChI is InChI=1S/C15H20N2O3/c16-10-12(11-6-2-1-3-7-11)14(18)17-9-5-4-8-13(17)15(19)20/h1-3,6-7,12-13H,4-5,8-10,16H2,(H,19,20). The molecule has 1 amide bonds. The second kappa shape index (κ2) is 6.52. The van der Waals surface area contributed by atoms with Crippen molar-refractivity contribution in [2.75, 3.05) is 13.1 Å². The lowest BCUT2D eigenvalue weighted by Gasteiger charge is -2.35. The van der Waals surface area contributed by atoms with E-state index in [9.17, 15) is 14.7 Å². The van der Waals surface area contributed by atoms with Crippen LogP contribution in [0.2, 0.25) is 0 Å². The van der Waals surface area contributed by atoms with Gasteiger partial charge in [-0.1, -0.05) is 30.3 Å². The van der Waals surface area contributed by atoms with E-state index in [0.29, 0.717) is 13.0 Å². The molecule has 0 spiro atoms. The third kappa shape index (κ3) is 2.99. The van der Waals surface area contributed by atoms with Gasteiger partial charge in [0.05, 0.1) is 5.92 Å². The molecular weight excluding hydrogens is 256 g/mol. The highest BCUT2D eigenvalue weighted by Gasteiger charge is 2.35. The van der Waals surface area contributed by atoms with E-state index in [1.54, 1.807) is 0 Å². The van der Waals surface area contributed by atoms with Crippen LogP contribution in [0, 0.1) is 0 Å². The number of carbonyl (C=O) groups excluding carboxylic acids is 1. The Hall–Kier alpha value is -1.88. The molecule has 1 saturated heterocycles. The lowest BCUT2D eigenvalue weighted by atomic mass is 9.94. The predicted molar refractivity (Wildman–Crippen MR) is 75.2 cm³/mol. The number of carboxylic acids is 1. The van der Waals surface area contributed by atoms with Crippen molar-refractivity contribution >= 4 is 11.9 Å². The lowest BCUT2D eigenvalue weighted by molar-refractivity contribution is -0.152. The molecule has 2 unspecified atom stereocenters. The van der Waals surface area contributed by atoms with E-state index in [1.807, 2.05) is 30.3 Å². The van der Waals surface area contributed by atoms with Crippen molar-refractivity contribution in [3.63, 3.8) is 0 Å². The highest BCUT2D eigenvalue weighted by molar-refractivity contribution is 5.88. The summed E-state index contributed by atoms with van der Waals surface area (Å²) in [5, 5.41) is 9.26. The molecule has 1 heterocycles. The fraction of sp³-hybridized carbons (Fsp3) is 0.467. The average Bonchev–Trinajstić information content (AvgIpc) is 2.49. The number of nitrogens with zero attached hydrogens (tertiary/aromatic N) is 1. The van der Waals surface area contributed by atoms with Crippen LogP contribution in [0.25, 0.3) is 0 Å². The molecule has 1 aromatic rings. The maximum atomic E-state index is 12.6. The van der Waals surface area contributed by atoms with Gasteiger partial charge < -0.3 is 15.7 Å². The van der Waals surface area contributed by atoms with Gasteiger partial charge in [-0.15, -0.1) is 0 Å². The van der Waals surface area contributed by atoms with Crippen LogP contribution in [-0.4, -0.2) is 41.0 Å². The summed E-state index contributed by atoms with van der Waals surface area (Å²) < 4.78 is 0. The smallest absolute Gasteiger partial charge is 0.326 e. The Bertz CT molecular complexity index is 475. The minimum absolute atomic E-state index is 0.175. The predicted octanol–water partition coefficient (Wildman–Crippen LogP) is 1.19. The summed E-state index contributed by atoms with van der Waals surface area (Å²) >= 11 is 0. The quantitative estimate of drug-likeness (QED) is 0.865. The van der Waals surface area contributed by atoms with Crippen LogP contribution in [0.4, 0.5) is 0 Å². The van der Waals surface area contributed by atoms with Crippen LogP contribution >= 0.6 is 0 Å². The number of aliphatic carboxylic acids is 1. The summed E-state index contributed by atoms with van der Waals surface area (Å²) in [6.45, 7) is 0.685. The number of hydrogen-bond donors (Lipinski definition) is 2. The van der Waals surface area contributed by atoms with E-state index in [1.165, 1.54) is 4.90 Å². The molecule has 0 bridgehead atoms. The zero-order valence-electron chi connectivity index (χ0n) is 11.4. The topological polar surface area (TPSA) is 83.6 Å². The molecule has 5 nitrogen and oxygen atoms in total. The molecule has 1 aromatic carbocycles. The first-order valence-corrected chi connectivity index (χ1v) is 6.93. The molecule has 2 atom stereocenters. The fourth-order valence-electron chi connectivity index (χ4n) is 2.72. The first-order valence-electron chi connectivity index (χ1n) is 6.93. The number of amides is 1. The number of carbonyl (C=O) groups is 2.